The highest BCUT2D eigenvalue weighted by Crippen LogP contribution is 2.30. The van der Waals surface area contributed by atoms with Gasteiger partial charge < -0.3 is 10.2 Å². The van der Waals surface area contributed by atoms with Crippen molar-refractivity contribution in [1.82, 2.24) is 0 Å². The molecule has 0 radical (unpaired) electrons. The molecule has 0 fully saturated rings. The van der Waals surface area contributed by atoms with E-state index in [0.29, 0.717) is 5.41 Å². The third kappa shape index (κ3) is 4.36. The van der Waals surface area contributed by atoms with Crippen LogP contribution in [-0.4, -0.2) is 13.1 Å². The first-order chi connectivity index (χ1) is 11.8. The predicted molar refractivity (Wildman–Crippen MR) is 110 cm³/mol. The lowest BCUT2D eigenvalue weighted by Crippen LogP contribution is -2.20. The lowest BCUT2D eigenvalue weighted by molar-refractivity contribution is 0.389. The maximum atomic E-state index is 3.66. The van der Waals surface area contributed by atoms with Gasteiger partial charge in [-0.15, -0.1) is 0 Å². The Bertz CT molecular complexity index is 717. The van der Waals surface area contributed by atoms with Crippen molar-refractivity contribution in [3.8, 4) is 0 Å². The topological polar surface area (TPSA) is 15.3 Å². The summed E-state index contributed by atoms with van der Waals surface area (Å²) in [5, 5.41) is 3.66. The van der Waals surface area contributed by atoms with Crippen LogP contribution in [0.25, 0.3) is 0 Å². The molecule has 2 heteroatoms. The van der Waals surface area contributed by atoms with E-state index < -0.39 is 0 Å². The van der Waals surface area contributed by atoms with Gasteiger partial charge in [-0.05, 0) is 60.4 Å². The lowest BCUT2D eigenvalue weighted by atomic mass is 9.92. The second-order valence-corrected chi connectivity index (χ2v) is 8.64. The summed E-state index contributed by atoms with van der Waals surface area (Å²) in [5.74, 6) is 0. The van der Waals surface area contributed by atoms with E-state index in [4.69, 9.17) is 0 Å². The van der Waals surface area contributed by atoms with Crippen LogP contribution >= 0.6 is 0 Å². The number of hydrogen-bond donors (Lipinski definition) is 1. The summed E-state index contributed by atoms with van der Waals surface area (Å²) >= 11 is 0. The van der Waals surface area contributed by atoms with Gasteiger partial charge in [0.1, 0.15) is 0 Å². The molecule has 1 aliphatic rings. The van der Waals surface area contributed by atoms with E-state index in [-0.39, 0.29) is 0 Å². The average molecular weight is 337 g/mol. The molecule has 3 rings (SSSR count). The number of fused-ring (bicyclic) bond motifs is 1. The standard InChI is InChI=1S/C23H32N2/c1-17-14-19(15-18(2)22(17)24-12-11-23(3,4)5)16-25-13-10-20-8-6-7-9-21(20)25/h6-9,14-15,24H,10-13,16H2,1-5H3. The molecule has 2 aromatic rings. The molecule has 134 valence electrons. The van der Waals surface area contributed by atoms with Gasteiger partial charge in [0, 0.05) is 31.0 Å². The van der Waals surface area contributed by atoms with Crippen LogP contribution in [0.2, 0.25) is 0 Å². The van der Waals surface area contributed by atoms with Crippen molar-refractivity contribution in [3.05, 3.63) is 58.7 Å². The predicted octanol–water partition coefficient (Wildman–Crippen LogP) is 5.71. The fraction of sp³-hybridized carbons (Fsp3) is 0.478. The van der Waals surface area contributed by atoms with Crippen LogP contribution in [0.15, 0.2) is 36.4 Å². The van der Waals surface area contributed by atoms with Crippen molar-refractivity contribution in [2.75, 3.05) is 23.3 Å². The SMILES string of the molecule is Cc1cc(CN2CCc3ccccc32)cc(C)c1NCCC(C)(C)C. The molecular formula is C23H32N2. The van der Waals surface area contributed by atoms with Gasteiger partial charge in [-0.1, -0.05) is 51.1 Å². The molecule has 0 aromatic heterocycles. The van der Waals surface area contributed by atoms with Crippen LogP contribution in [0.5, 0.6) is 0 Å². The van der Waals surface area contributed by atoms with Gasteiger partial charge in [0.25, 0.3) is 0 Å². The smallest absolute Gasteiger partial charge is 0.0429 e. The Morgan fingerprint density at radius 2 is 1.72 bits per heavy atom. The summed E-state index contributed by atoms with van der Waals surface area (Å²) < 4.78 is 0. The van der Waals surface area contributed by atoms with Crippen LogP contribution in [0.1, 0.15) is 49.4 Å². The van der Waals surface area contributed by atoms with Crippen LogP contribution in [0.4, 0.5) is 11.4 Å². The number of benzene rings is 2. The summed E-state index contributed by atoms with van der Waals surface area (Å²) in [6.45, 7) is 14.5. The largest absolute Gasteiger partial charge is 0.385 e. The van der Waals surface area contributed by atoms with Gasteiger partial charge in [-0.3, -0.25) is 0 Å². The van der Waals surface area contributed by atoms with Gasteiger partial charge in [0.15, 0.2) is 0 Å². The van der Waals surface area contributed by atoms with Crippen molar-refractivity contribution in [1.29, 1.82) is 0 Å². The molecule has 1 aliphatic heterocycles. The van der Waals surface area contributed by atoms with E-state index in [9.17, 15) is 0 Å². The fourth-order valence-corrected chi connectivity index (χ4v) is 3.78. The number of para-hydroxylation sites is 1. The number of nitrogens with zero attached hydrogens (tertiary/aromatic N) is 1. The summed E-state index contributed by atoms with van der Waals surface area (Å²) in [6, 6.07) is 13.5. The molecule has 0 spiro atoms. The van der Waals surface area contributed by atoms with Gasteiger partial charge in [-0.25, -0.2) is 0 Å². The quantitative estimate of drug-likeness (QED) is 0.752. The number of nitrogens with one attached hydrogen (secondary N) is 1. The molecule has 0 saturated carbocycles. The summed E-state index contributed by atoms with van der Waals surface area (Å²) in [4.78, 5) is 2.51. The van der Waals surface area contributed by atoms with E-state index in [2.05, 4.69) is 81.2 Å². The van der Waals surface area contributed by atoms with Crippen molar-refractivity contribution in [3.63, 3.8) is 0 Å². The molecule has 0 bridgehead atoms. The minimum Gasteiger partial charge on any atom is -0.385 e. The Labute approximate surface area is 153 Å². The Hall–Kier alpha value is -1.96. The first kappa shape index (κ1) is 17.8. The molecule has 0 saturated heterocycles. The number of rotatable bonds is 5. The maximum absolute atomic E-state index is 3.66. The number of aryl methyl sites for hydroxylation is 2. The highest BCUT2D eigenvalue weighted by molar-refractivity contribution is 5.61. The first-order valence-electron chi connectivity index (χ1n) is 9.50. The van der Waals surface area contributed by atoms with Crippen LogP contribution < -0.4 is 10.2 Å². The molecule has 25 heavy (non-hydrogen) atoms. The number of hydrogen-bond acceptors (Lipinski definition) is 2. The van der Waals surface area contributed by atoms with Gasteiger partial charge in [-0.2, -0.15) is 0 Å². The Kier molecular flexibility index (Phi) is 5.08. The Morgan fingerprint density at radius 1 is 1.04 bits per heavy atom. The zero-order valence-electron chi connectivity index (χ0n) is 16.4. The molecular weight excluding hydrogens is 304 g/mol. The monoisotopic (exact) mass is 336 g/mol. The fourth-order valence-electron chi connectivity index (χ4n) is 3.78. The van der Waals surface area contributed by atoms with Crippen molar-refractivity contribution >= 4 is 11.4 Å². The zero-order valence-corrected chi connectivity index (χ0v) is 16.4. The zero-order chi connectivity index (χ0) is 18.0. The van der Waals surface area contributed by atoms with Crippen molar-refractivity contribution in [2.45, 2.75) is 54.0 Å². The van der Waals surface area contributed by atoms with E-state index >= 15 is 0 Å². The van der Waals surface area contributed by atoms with Gasteiger partial charge in [0.05, 0.1) is 0 Å². The molecule has 0 atom stereocenters. The minimum atomic E-state index is 0.373. The number of anilines is 2. The second kappa shape index (κ2) is 7.11. The molecule has 0 unspecified atom stereocenters. The van der Waals surface area contributed by atoms with E-state index in [0.717, 1.165) is 19.6 Å². The Balaban J connectivity index is 1.70. The highest BCUT2D eigenvalue weighted by atomic mass is 15.1. The van der Waals surface area contributed by atoms with Crippen molar-refractivity contribution < 1.29 is 0 Å². The molecule has 2 nitrogen and oxygen atoms in total. The van der Waals surface area contributed by atoms with Crippen molar-refractivity contribution in [2.24, 2.45) is 5.41 Å². The summed E-state index contributed by atoms with van der Waals surface area (Å²) in [6.07, 6.45) is 2.35. The Morgan fingerprint density at radius 3 is 2.40 bits per heavy atom. The van der Waals surface area contributed by atoms with Gasteiger partial charge >= 0.3 is 0 Å². The normalized spacial score (nSPS) is 13.9. The average Bonchev–Trinajstić information content (AvgIpc) is 2.92. The summed E-state index contributed by atoms with van der Waals surface area (Å²) in [7, 11) is 0. The van der Waals surface area contributed by atoms with E-state index in [1.807, 2.05) is 0 Å². The molecule has 1 N–H and O–H groups in total. The minimum absolute atomic E-state index is 0.373. The summed E-state index contributed by atoms with van der Waals surface area (Å²) in [5.41, 5.74) is 8.70. The first-order valence-corrected chi connectivity index (χ1v) is 9.50. The van der Waals surface area contributed by atoms with Crippen LogP contribution in [-0.2, 0) is 13.0 Å². The third-order valence-electron chi connectivity index (χ3n) is 5.13. The third-order valence-corrected chi connectivity index (χ3v) is 5.13. The molecule has 2 aromatic carbocycles. The van der Waals surface area contributed by atoms with Crippen LogP contribution in [0.3, 0.4) is 0 Å². The van der Waals surface area contributed by atoms with E-state index in [1.54, 1.807) is 0 Å². The van der Waals surface area contributed by atoms with Gasteiger partial charge in [0.2, 0.25) is 0 Å². The van der Waals surface area contributed by atoms with E-state index in [1.165, 1.54) is 46.5 Å². The molecule has 0 amide bonds. The molecule has 1 heterocycles. The maximum Gasteiger partial charge on any atom is 0.0429 e. The second-order valence-electron chi connectivity index (χ2n) is 8.64. The molecule has 0 aliphatic carbocycles. The lowest BCUT2D eigenvalue weighted by Gasteiger charge is -2.23. The van der Waals surface area contributed by atoms with Crippen LogP contribution in [0, 0.1) is 19.3 Å². The highest BCUT2D eigenvalue weighted by Gasteiger charge is 2.19.